The number of hydrogen-bond acceptors (Lipinski definition) is 7. The molecule has 0 unspecified atom stereocenters. The summed E-state index contributed by atoms with van der Waals surface area (Å²) in [5.41, 5.74) is 1.74. The zero-order valence-electron chi connectivity index (χ0n) is 28.4. The van der Waals surface area contributed by atoms with Crippen LogP contribution in [-0.4, -0.2) is 83.8 Å². The van der Waals surface area contributed by atoms with Crippen molar-refractivity contribution in [2.24, 2.45) is 11.8 Å². The van der Waals surface area contributed by atoms with E-state index in [1.54, 1.807) is 74.8 Å². The molecule has 1 fully saturated rings. The van der Waals surface area contributed by atoms with Gasteiger partial charge in [-0.25, -0.2) is 0 Å². The van der Waals surface area contributed by atoms with Crippen molar-refractivity contribution in [1.82, 2.24) is 31.2 Å². The minimum Gasteiger partial charge on any atom is -0.497 e. The van der Waals surface area contributed by atoms with Crippen LogP contribution >= 0.6 is 0 Å². The number of aromatic nitrogens is 1. The Hall–Kier alpha value is -5.00. The van der Waals surface area contributed by atoms with Gasteiger partial charge in [0.1, 0.15) is 23.9 Å². The van der Waals surface area contributed by atoms with Gasteiger partial charge < -0.3 is 30.9 Å². The predicted molar refractivity (Wildman–Crippen MR) is 182 cm³/mol. The average molecular weight is 659 g/mol. The second-order valence-electron chi connectivity index (χ2n) is 13.0. The lowest BCUT2D eigenvalue weighted by Gasteiger charge is -2.31. The minimum absolute atomic E-state index is 0.00805. The third-order valence-electron chi connectivity index (χ3n) is 8.39. The highest BCUT2D eigenvalue weighted by Gasteiger charge is 2.33. The Kier molecular flexibility index (Phi) is 12.1. The molecular formula is C36H46N6O6. The summed E-state index contributed by atoms with van der Waals surface area (Å²) in [6.07, 6.45) is 2.07. The van der Waals surface area contributed by atoms with Crippen LogP contribution in [0.25, 0.3) is 10.9 Å². The molecule has 2 heterocycles. The largest absolute Gasteiger partial charge is 0.497 e. The Balaban J connectivity index is 1.70. The normalized spacial score (nSPS) is 21.5. The molecule has 0 radical (unpaired) electrons. The van der Waals surface area contributed by atoms with E-state index in [1.165, 1.54) is 4.90 Å². The standard InChI is InChI=1S/C36H46N6O6/c1-21(2)17-29-35(46)40-30(18-24-12-14-25(48-6)15-13-24)34(45)38-23(5)33(44)41-31(22(3)4)19-42(20-32(43)39-29)36(47)27-9-7-11-28-26(27)10-8-16-37-28/h7-16,21-23,29-31H,17-20H2,1-6H3,(H,38,45)(H,39,43)(H,40,46)(H,41,44)/t23-,29+,30+,31-/m1/s1. The van der Waals surface area contributed by atoms with Crippen molar-refractivity contribution in [2.75, 3.05) is 20.2 Å². The van der Waals surface area contributed by atoms with Gasteiger partial charge in [-0.3, -0.25) is 29.0 Å². The quantitative estimate of drug-likeness (QED) is 0.304. The van der Waals surface area contributed by atoms with Crippen LogP contribution in [0.4, 0.5) is 0 Å². The molecule has 1 saturated heterocycles. The highest BCUT2D eigenvalue weighted by molar-refractivity contribution is 6.07. The van der Waals surface area contributed by atoms with Gasteiger partial charge >= 0.3 is 0 Å². The number of nitrogens with one attached hydrogen (secondary N) is 4. The molecule has 0 bridgehead atoms. The van der Waals surface area contributed by atoms with Crippen LogP contribution < -0.4 is 26.0 Å². The van der Waals surface area contributed by atoms with Crippen molar-refractivity contribution in [3.63, 3.8) is 0 Å². The fraction of sp³-hybridized carbons (Fsp3) is 0.444. The molecule has 12 nitrogen and oxygen atoms in total. The van der Waals surface area contributed by atoms with Crippen LogP contribution in [0.15, 0.2) is 60.8 Å². The number of pyridine rings is 1. The summed E-state index contributed by atoms with van der Waals surface area (Å²) in [5, 5.41) is 12.0. The van der Waals surface area contributed by atoms with Crippen molar-refractivity contribution in [3.8, 4) is 5.75 Å². The van der Waals surface area contributed by atoms with E-state index in [9.17, 15) is 24.0 Å². The number of ether oxygens (including phenoxy) is 1. The van der Waals surface area contributed by atoms with E-state index in [4.69, 9.17) is 4.74 Å². The van der Waals surface area contributed by atoms with Gasteiger partial charge in [-0.2, -0.15) is 0 Å². The highest BCUT2D eigenvalue weighted by atomic mass is 16.5. The first kappa shape index (κ1) is 35.8. The number of carbonyl (C=O) groups excluding carboxylic acids is 5. The van der Waals surface area contributed by atoms with Gasteiger partial charge in [-0.15, -0.1) is 0 Å². The number of hydrogen-bond donors (Lipinski definition) is 4. The van der Waals surface area contributed by atoms with Gasteiger partial charge in [0.2, 0.25) is 23.6 Å². The monoisotopic (exact) mass is 658 g/mol. The first-order valence-corrected chi connectivity index (χ1v) is 16.3. The van der Waals surface area contributed by atoms with Crippen molar-refractivity contribution in [3.05, 3.63) is 71.9 Å². The smallest absolute Gasteiger partial charge is 0.255 e. The Morgan fingerprint density at radius 3 is 2.25 bits per heavy atom. The van der Waals surface area contributed by atoms with Crippen molar-refractivity contribution in [1.29, 1.82) is 0 Å². The predicted octanol–water partition coefficient (Wildman–Crippen LogP) is 2.60. The Morgan fingerprint density at radius 2 is 1.58 bits per heavy atom. The van der Waals surface area contributed by atoms with Gasteiger partial charge in [0.05, 0.1) is 19.2 Å². The maximum atomic E-state index is 14.2. The van der Waals surface area contributed by atoms with E-state index >= 15 is 0 Å². The number of amides is 5. The molecule has 3 aromatic rings. The third-order valence-corrected chi connectivity index (χ3v) is 8.39. The summed E-state index contributed by atoms with van der Waals surface area (Å²) in [7, 11) is 1.55. The summed E-state index contributed by atoms with van der Waals surface area (Å²) in [6.45, 7) is 8.86. The van der Waals surface area contributed by atoms with E-state index < -0.39 is 53.7 Å². The van der Waals surface area contributed by atoms with E-state index in [0.29, 0.717) is 28.6 Å². The molecule has 0 aliphatic carbocycles. The zero-order valence-corrected chi connectivity index (χ0v) is 28.4. The molecule has 1 aliphatic rings. The lowest BCUT2D eigenvalue weighted by atomic mass is 10.0. The van der Waals surface area contributed by atoms with Crippen molar-refractivity contribution in [2.45, 2.75) is 71.6 Å². The van der Waals surface area contributed by atoms with Crippen LogP contribution in [0.5, 0.6) is 5.75 Å². The fourth-order valence-electron chi connectivity index (χ4n) is 5.62. The molecule has 5 amide bonds. The average Bonchev–Trinajstić information content (AvgIpc) is 3.05. The molecule has 0 saturated carbocycles. The lowest BCUT2D eigenvalue weighted by molar-refractivity contribution is -0.133. The fourth-order valence-corrected chi connectivity index (χ4v) is 5.62. The Morgan fingerprint density at radius 1 is 0.875 bits per heavy atom. The summed E-state index contributed by atoms with van der Waals surface area (Å²) in [4.78, 5) is 74.4. The van der Waals surface area contributed by atoms with E-state index in [1.807, 2.05) is 27.7 Å². The maximum absolute atomic E-state index is 14.2. The van der Waals surface area contributed by atoms with Crippen LogP contribution in [0.2, 0.25) is 0 Å². The van der Waals surface area contributed by atoms with Crippen LogP contribution in [0, 0.1) is 11.8 Å². The SMILES string of the molecule is COc1ccc(C[C@@H]2NC(=O)[C@H](CC(C)C)NC(=O)CN(C(=O)c3cccc4ncccc34)C[C@H](C(C)C)NC(=O)[C@@H](C)NC2=O)cc1. The summed E-state index contributed by atoms with van der Waals surface area (Å²) >= 11 is 0. The molecule has 0 spiro atoms. The number of carbonyl (C=O) groups is 5. The number of methoxy groups -OCH3 is 1. The van der Waals surface area contributed by atoms with E-state index in [2.05, 4.69) is 26.3 Å². The molecule has 1 aromatic heterocycles. The molecule has 256 valence electrons. The number of benzene rings is 2. The molecule has 1 aliphatic heterocycles. The topological polar surface area (TPSA) is 159 Å². The van der Waals surface area contributed by atoms with Gasteiger partial charge in [0.15, 0.2) is 0 Å². The molecular weight excluding hydrogens is 612 g/mol. The molecule has 4 atom stereocenters. The molecule has 48 heavy (non-hydrogen) atoms. The van der Waals surface area contributed by atoms with Crippen LogP contribution in [0.3, 0.4) is 0 Å². The number of rotatable bonds is 7. The summed E-state index contributed by atoms with van der Waals surface area (Å²) in [6, 6.07) is 12.3. The van der Waals surface area contributed by atoms with Gasteiger partial charge in [-0.1, -0.05) is 52.0 Å². The van der Waals surface area contributed by atoms with E-state index in [-0.39, 0.29) is 31.3 Å². The lowest BCUT2D eigenvalue weighted by Crippen LogP contribution is -2.57. The van der Waals surface area contributed by atoms with Gasteiger partial charge in [0.25, 0.3) is 5.91 Å². The first-order chi connectivity index (χ1) is 22.9. The first-order valence-electron chi connectivity index (χ1n) is 16.3. The van der Waals surface area contributed by atoms with Gasteiger partial charge in [0, 0.05) is 36.2 Å². The highest BCUT2D eigenvalue weighted by Crippen LogP contribution is 2.20. The summed E-state index contributed by atoms with van der Waals surface area (Å²) < 4.78 is 5.24. The molecule has 4 rings (SSSR count). The van der Waals surface area contributed by atoms with Crippen LogP contribution in [0.1, 0.15) is 57.0 Å². The zero-order chi connectivity index (χ0) is 35.0. The maximum Gasteiger partial charge on any atom is 0.255 e. The van der Waals surface area contributed by atoms with Gasteiger partial charge in [-0.05, 0) is 61.1 Å². The van der Waals surface area contributed by atoms with E-state index in [0.717, 1.165) is 5.56 Å². The van der Waals surface area contributed by atoms with Crippen molar-refractivity contribution < 1.29 is 28.7 Å². The van der Waals surface area contributed by atoms with Crippen LogP contribution in [-0.2, 0) is 25.6 Å². The second-order valence-corrected chi connectivity index (χ2v) is 13.0. The second kappa shape index (κ2) is 16.2. The Bertz CT molecular complexity index is 1620. The Labute approximate surface area is 281 Å². The minimum atomic E-state index is -1.04. The number of nitrogens with zero attached hydrogens (tertiary/aromatic N) is 2. The third kappa shape index (κ3) is 9.30. The van der Waals surface area contributed by atoms with Crippen molar-refractivity contribution >= 4 is 40.4 Å². The number of fused-ring (bicyclic) bond motifs is 1. The summed E-state index contributed by atoms with van der Waals surface area (Å²) in [5.74, 6) is -2.00. The molecule has 4 N–H and O–H groups in total. The molecule has 12 heteroatoms. The molecule has 2 aromatic carbocycles.